The molecule has 5 nitrogen and oxygen atoms in total. The molecule has 0 atom stereocenters. The van der Waals surface area contributed by atoms with Crippen LogP contribution in [-0.4, -0.2) is 27.9 Å². The first-order valence-electron chi connectivity index (χ1n) is 10.1. The van der Waals surface area contributed by atoms with Gasteiger partial charge in [-0.3, -0.25) is 0 Å². The number of hydrogen-bond acceptors (Lipinski definition) is 5. The van der Waals surface area contributed by atoms with Crippen molar-refractivity contribution in [3.8, 4) is 26.9 Å². The second-order valence-electron chi connectivity index (χ2n) is 6.94. The Balaban J connectivity index is 1.53. The van der Waals surface area contributed by atoms with E-state index in [-0.39, 0.29) is 5.56 Å². The summed E-state index contributed by atoms with van der Waals surface area (Å²) in [5, 5.41) is 19.1. The van der Waals surface area contributed by atoms with Crippen molar-refractivity contribution < 1.29 is 14.6 Å². The van der Waals surface area contributed by atoms with E-state index in [2.05, 4.69) is 17.1 Å². The lowest BCUT2D eigenvalue weighted by molar-refractivity contribution is 0.0697. The van der Waals surface area contributed by atoms with Gasteiger partial charge in [0, 0.05) is 11.1 Å². The Bertz CT molecular complexity index is 905. The van der Waals surface area contributed by atoms with Crippen LogP contribution in [0.25, 0.3) is 21.1 Å². The van der Waals surface area contributed by atoms with E-state index in [0.29, 0.717) is 0 Å². The summed E-state index contributed by atoms with van der Waals surface area (Å²) in [6.45, 7) is 2.98. The standard InChI is InChI=1S/C23H26N2O3S/c1-2-3-4-5-6-7-16-28-20-14-12-18(13-15-20)22-25-24-21(29-22)17-8-10-19(11-9-17)23(26)27/h8-15H,2-7,16H2,1H3,(H,26,27). The van der Waals surface area contributed by atoms with Crippen molar-refractivity contribution in [2.75, 3.05) is 6.61 Å². The van der Waals surface area contributed by atoms with E-state index >= 15 is 0 Å². The van der Waals surface area contributed by atoms with E-state index in [1.54, 1.807) is 24.3 Å². The molecule has 1 heterocycles. The number of aromatic nitrogens is 2. The number of unbranched alkanes of at least 4 members (excludes halogenated alkanes) is 5. The molecule has 0 bridgehead atoms. The zero-order valence-corrected chi connectivity index (χ0v) is 17.5. The summed E-state index contributed by atoms with van der Waals surface area (Å²) in [6.07, 6.45) is 7.51. The number of rotatable bonds is 11. The molecule has 29 heavy (non-hydrogen) atoms. The fourth-order valence-electron chi connectivity index (χ4n) is 2.98. The molecule has 3 rings (SSSR count). The number of benzene rings is 2. The molecule has 3 aromatic rings. The first-order valence-corrected chi connectivity index (χ1v) is 10.9. The van der Waals surface area contributed by atoms with Gasteiger partial charge in [-0.1, -0.05) is 62.5 Å². The van der Waals surface area contributed by atoms with Crippen LogP contribution in [0, 0.1) is 0 Å². The lowest BCUT2D eigenvalue weighted by Crippen LogP contribution is -1.97. The van der Waals surface area contributed by atoms with E-state index < -0.39 is 5.97 Å². The van der Waals surface area contributed by atoms with Crippen LogP contribution >= 0.6 is 11.3 Å². The van der Waals surface area contributed by atoms with E-state index in [4.69, 9.17) is 9.84 Å². The predicted octanol–water partition coefficient (Wildman–Crippen LogP) is 6.31. The summed E-state index contributed by atoms with van der Waals surface area (Å²) in [5.74, 6) is -0.0652. The number of carboxylic acids is 1. The summed E-state index contributed by atoms with van der Waals surface area (Å²) in [5.41, 5.74) is 2.11. The van der Waals surface area contributed by atoms with Gasteiger partial charge in [0.05, 0.1) is 12.2 Å². The Morgan fingerprint density at radius 1 is 0.862 bits per heavy atom. The summed E-state index contributed by atoms with van der Waals surface area (Å²) < 4.78 is 5.83. The molecular weight excluding hydrogens is 384 g/mol. The van der Waals surface area contributed by atoms with Crippen molar-refractivity contribution in [3.63, 3.8) is 0 Å². The quantitative estimate of drug-likeness (QED) is 0.375. The number of hydrogen-bond donors (Lipinski definition) is 1. The van der Waals surface area contributed by atoms with Crippen LogP contribution in [0.15, 0.2) is 48.5 Å². The molecule has 0 amide bonds. The maximum Gasteiger partial charge on any atom is 0.335 e. The Hall–Kier alpha value is -2.73. The van der Waals surface area contributed by atoms with Gasteiger partial charge in [-0.25, -0.2) is 4.79 Å². The van der Waals surface area contributed by atoms with Crippen LogP contribution in [0.3, 0.4) is 0 Å². The molecule has 152 valence electrons. The predicted molar refractivity (Wildman–Crippen MR) is 117 cm³/mol. The molecule has 0 unspecified atom stereocenters. The first kappa shape index (κ1) is 21.0. The molecular formula is C23H26N2O3S. The average Bonchev–Trinajstić information content (AvgIpc) is 3.24. The highest BCUT2D eigenvalue weighted by Gasteiger charge is 2.10. The summed E-state index contributed by atoms with van der Waals surface area (Å²) >= 11 is 1.48. The largest absolute Gasteiger partial charge is 0.494 e. The number of carbonyl (C=O) groups is 1. The second kappa shape index (κ2) is 10.7. The molecule has 0 saturated carbocycles. The molecule has 6 heteroatoms. The monoisotopic (exact) mass is 410 g/mol. The van der Waals surface area contributed by atoms with E-state index in [0.717, 1.165) is 39.9 Å². The number of carboxylic acid groups (broad SMARTS) is 1. The average molecular weight is 411 g/mol. The van der Waals surface area contributed by atoms with Crippen molar-refractivity contribution in [2.24, 2.45) is 0 Å². The summed E-state index contributed by atoms with van der Waals surface area (Å²) in [7, 11) is 0. The smallest absolute Gasteiger partial charge is 0.335 e. The molecule has 0 fully saturated rings. The Morgan fingerprint density at radius 2 is 1.41 bits per heavy atom. The van der Waals surface area contributed by atoms with Gasteiger partial charge in [0.25, 0.3) is 0 Å². The van der Waals surface area contributed by atoms with Crippen LogP contribution < -0.4 is 4.74 Å². The highest BCUT2D eigenvalue weighted by molar-refractivity contribution is 7.17. The Labute approximate surface area is 175 Å². The highest BCUT2D eigenvalue weighted by Crippen LogP contribution is 2.31. The number of nitrogens with zero attached hydrogens (tertiary/aromatic N) is 2. The van der Waals surface area contributed by atoms with E-state index in [1.807, 2.05) is 24.3 Å². The minimum Gasteiger partial charge on any atom is -0.494 e. The van der Waals surface area contributed by atoms with Crippen molar-refractivity contribution in [2.45, 2.75) is 45.4 Å². The topological polar surface area (TPSA) is 72.3 Å². The van der Waals surface area contributed by atoms with Gasteiger partial charge in [0.15, 0.2) is 0 Å². The van der Waals surface area contributed by atoms with Crippen LogP contribution in [0.4, 0.5) is 0 Å². The van der Waals surface area contributed by atoms with Gasteiger partial charge >= 0.3 is 5.97 Å². The zero-order valence-electron chi connectivity index (χ0n) is 16.6. The molecule has 0 spiro atoms. The van der Waals surface area contributed by atoms with E-state index in [9.17, 15) is 4.79 Å². The fourth-order valence-corrected chi connectivity index (χ4v) is 3.83. The highest BCUT2D eigenvalue weighted by atomic mass is 32.1. The van der Waals surface area contributed by atoms with Crippen LogP contribution in [-0.2, 0) is 0 Å². The van der Waals surface area contributed by atoms with Gasteiger partial charge in [-0.05, 0) is 42.8 Å². The fraction of sp³-hybridized carbons (Fsp3) is 0.348. The van der Waals surface area contributed by atoms with Crippen molar-refractivity contribution in [1.29, 1.82) is 0 Å². The van der Waals surface area contributed by atoms with Gasteiger partial charge in [0.1, 0.15) is 15.8 Å². The number of ether oxygens (including phenoxy) is 1. The molecule has 1 N–H and O–H groups in total. The van der Waals surface area contributed by atoms with Gasteiger partial charge in [-0.2, -0.15) is 0 Å². The van der Waals surface area contributed by atoms with Crippen LogP contribution in [0.5, 0.6) is 5.75 Å². The third kappa shape index (κ3) is 6.12. The van der Waals surface area contributed by atoms with E-state index in [1.165, 1.54) is 43.4 Å². The molecule has 0 aliphatic rings. The van der Waals surface area contributed by atoms with Crippen LogP contribution in [0.2, 0.25) is 0 Å². The molecule has 0 aliphatic heterocycles. The number of aromatic carboxylic acids is 1. The van der Waals surface area contributed by atoms with Crippen molar-refractivity contribution in [1.82, 2.24) is 10.2 Å². The molecule has 0 radical (unpaired) electrons. The maximum atomic E-state index is 11.0. The molecule has 0 aliphatic carbocycles. The molecule has 2 aromatic carbocycles. The minimum atomic E-state index is -0.937. The SMILES string of the molecule is CCCCCCCCOc1ccc(-c2nnc(-c3ccc(C(=O)O)cc3)s2)cc1. The van der Waals surface area contributed by atoms with Gasteiger partial charge < -0.3 is 9.84 Å². The second-order valence-corrected chi connectivity index (χ2v) is 7.91. The maximum absolute atomic E-state index is 11.0. The first-order chi connectivity index (χ1) is 14.2. The summed E-state index contributed by atoms with van der Waals surface area (Å²) in [4.78, 5) is 11.0. The Kier molecular flexibility index (Phi) is 7.76. The Morgan fingerprint density at radius 3 is 2.00 bits per heavy atom. The van der Waals surface area contributed by atoms with Crippen molar-refractivity contribution >= 4 is 17.3 Å². The molecule has 1 aromatic heterocycles. The minimum absolute atomic E-state index is 0.259. The summed E-state index contributed by atoms with van der Waals surface area (Å²) in [6, 6.07) is 14.6. The van der Waals surface area contributed by atoms with Gasteiger partial charge in [0.2, 0.25) is 0 Å². The third-order valence-corrected chi connectivity index (χ3v) is 5.69. The van der Waals surface area contributed by atoms with Crippen LogP contribution in [0.1, 0.15) is 55.8 Å². The lowest BCUT2D eigenvalue weighted by atomic mass is 10.1. The zero-order chi connectivity index (χ0) is 20.5. The normalized spacial score (nSPS) is 10.8. The van der Waals surface area contributed by atoms with Crippen molar-refractivity contribution in [3.05, 3.63) is 54.1 Å². The van der Waals surface area contributed by atoms with Gasteiger partial charge in [-0.15, -0.1) is 10.2 Å². The molecule has 0 saturated heterocycles. The lowest BCUT2D eigenvalue weighted by Gasteiger charge is -2.06. The third-order valence-electron chi connectivity index (χ3n) is 4.67.